The molecule has 0 saturated heterocycles. The van der Waals surface area contributed by atoms with Crippen molar-refractivity contribution in [3.05, 3.63) is 78.9 Å². The van der Waals surface area contributed by atoms with Crippen molar-refractivity contribution in [1.82, 2.24) is 19.1 Å². The van der Waals surface area contributed by atoms with Crippen molar-refractivity contribution in [1.29, 1.82) is 0 Å². The molecule has 0 spiro atoms. The van der Waals surface area contributed by atoms with Crippen molar-refractivity contribution in [2.45, 2.75) is 32.6 Å². The average molecular weight is 399 g/mol. The van der Waals surface area contributed by atoms with Crippen LogP contribution < -0.4 is 3.79 Å². The van der Waals surface area contributed by atoms with Gasteiger partial charge in [0.25, 0.3) is 0 Å². The van der Waals surface area contributed by atoms with Gasteiger partial charge in [-0.05, 0) is 18.6 Å². The van der Waals surface area contributed by atoms with E-state index < -0.39 is 0 Å². The first-order chi connectivity index (χ1) is 14.3. The fourth-order valence-corrected chi connectivity index (χ4v) is 3.69. The van der Waals surface area contributed by atoms with Crippen molar-refractivity contribution in [3.63, 3.8) is 0 Å². The van der Waals surface area contributed by atoms with E-state index in [0.29, 0.717) is 5.88 Å². The van der Waals surface area contributed by atoms with Crippen LogP contribution in [0.1, 0.15) is 32.0 Å². The highest BCUT2D eigenvalue weighted by molar-refractivity contribution is 5.99. The molecule has 0 atom stereocenters. The molecule has 4 rings (SSSR count). The molecule has 145 valence electrons. The van der Waals surface area contributed by atoms with Crippen LogP contribution in [0.2, 0.25) is 0 Å². The summed E-state index contributed by atoms with van der Waals surface area (Å²) in [6.07, 6.45) is 8.27. The molecule has 0 aliphatic carbocycles. The number of aromatic nitrogens is 4. The highest BCUT2D eigenvalue weighted by Crippen LogP contribution is 2.28. The van der Waals surface area contributed by atoms with Gasteiger partial charge in [-0.25, -0.2) is 14.5 Å². The van der Waals surface area contributed by atoms with Gasteiger partial charge in [-0.15, -0.1) is 0 Å². The zero-order chi connectivity index (χ0) is 20.1. The SMILES string of the molecule is CCCCCc1nc(-n2c([O][AlH])cnc2-c2ccccc2)cn1-c1ccccc1. The molecule has 0 saturated carbocycles. The Balaban J connectivity index is 1.82. The third kappa shape index (κ3) is 4.14. The lowest BCUT2D eigenvalue weighted by Gasteiger charge is -2.09. The van der Waals surface area contributed by atoms with Crippen molar-refractivity contribution < 1.29 is 3.79 Å². The van der Waals surface area contributed by atoms with Gasteiger partial charge in [0, 0.05) is 17.7 Å². The predicted molar refractivity (Wildman–Crippen MR) is 117 cm³/mol. The lowest BCUT2D eigenvalue weighted by atomic mass is 10.2. The van der Waals surface area contributed by atoms with Crippen LogP contribution >= 0.6 is 0 Å². The summed E-state index contributed by atoms with van der Waals surface area (Å²) in [7, 11) is 0. The van der Waals surface area contributed by atoms with Crippen LogP contribution in [0.3, 0.4) is 0 Å². The van der Waals surface area contributed by atoms with Gasteiger partial charge in [-0.3, -0.25) is 0 Å². The van der Waals surface area contributed by atoms with Gasteiger partial charge in [-0.1, -0.05) is 68.3 Å². The van der Waals surface area contributed by atoms with E-state index >= 15 is 0 Å². The summed E-state index contributed by atoms with van der Waals surface area (Å²) in [5.74, 6) is 3.38. The molecular formula is C23H24AlN4O. The van der Waals surface area contributed by atoms with Gasteiger partial charge < -0.3 is 8.36 Å². The van der Waals surface area contributed by atoms with Gasteiger partial charge in [0.1, 0.15) is 11.6 Å². The van der Waals surface area contributed by atoms with E-state index in [1.807, 2.05) is 28.8 Å². The lowest BCUT2D eigenvalue weighted by Crippen LogP contribution is -2.02. The fraction of sp³-hybridized carbons (Fsp3) is 0.217. The third-order valence-electron chi connectivity index (χ3n) is 4.94. The molecule has 0 aliphatic rings. The topological polar surface area (TPSA) is 44.9 Å². The Morgan fingerprint density at radius 2 is 1.69 bits per heavy atom. The minimum absolute atomic E-state index is 0.681. The number of aryl methyl sites for hydroxylation is 1. The zero-order valence-corrected chi connectivity index (χ0v) is 18.1. The first-order valence-electron chi connectivity index (χ1n) is 10.0. The lowest BCUT2D eigenvalue weighted by molar-refractivity contribution is 0.571. The molecular weight excluding hydrogens is 375 g/mol. The second kappa shape index (κ2) is 9.13. The minimum Gasteiger partial charge on any atom is -0.636 e. The van der Waals surface area contributed by atoms with Gasteiger partial charge in [-0.2, -0.15) is 0 Å². The number of hydrogen-bond donors (Lipinski definition) is 0. The van der Waals surface area contributed by atoms with E-state index in [1.54, 1.807) is 6.20 Å². The van der Waals surface area contributed by atoms with Crippen molar-refractivity contribution >= 4 is 16.6 Å². The molecule has 2 aromatic carbocycles. The highest BCUT2D eigenvalue weighted by atomic mass is 27.1. The number of rotatable bonds is 8. The first kappa shape index (κ1) is 19.5. The molecule has 2 heterocycles. The molecule has 2 aromatic heterocycles. The number of unbranched alkanes of at least 4 members (excludes halogenated alkanes) is 2. The summed E-state index contributed by atoms with van der Waals surface area (Å²) in [6.45, 7) is 2.22. The fourth-order valence-electron chi connectivity index (χ4n) is 3.48. The maximum absolute atomic E-state index is 5.63. The number of hydrogen-bond acceptors (Lipinski definition) is 3. The van der Waals surface area contributed by atoms with Crippen LogP contribution in [0.15, 0.2) is 73.1 Å². The molecule has 0 N–H and O–H groups in total. The molecule has 0 fully saturated rings. The van der Waals surface area contributed by atoms with Crippen LogP contribution in [-0.4, -0.2) is 35.7 Å². The minimum atomic E-state index is 0.681. The smallest absolute Gasteiger partial charge is 0.495 e. The molecule has 1 radical (unpaired) electrons. The molecule has 5 nitrogen and oxygen atoms in total. The van der Waals surface area contributed by atoms with E-state index in [4.69, 9.17) is 8.77 Å². The number of benzene rings is 2. The first-order valence-corrected chi connectivity index (χ1v) is 10.6. The molecule has 0 aliphatic heterocycles. The molecule has 6 heteroatoms. The Morgan fingerprint density at radius 1 is 0.966 bits per heavy atom. The van der Waals surface area contributed by atoms with Gasteiger partial charge >= 0.3 is 16.6 Å². The average Bonchev–Trinajstić information content (AvgIpc) is 3.39. The Labute approximate surface area is 179 Å². The normalized spacial score (nSPS) is 10.9. The molecule has 0 amide bonds. The summed E-state index contributed by atoms with van der Waals surface area (Å²) in [6, 6.07) is 20.5. The van der Waals surface area contributed by atoms with Gasteiger partial charge in [0.15, 0.2) is 11.7 Å². The molecule has 0 bridgehead atoms. The monoisotopic (exact) mass is 399 g/mol. The quantitative estimate of drug-likeness (QED) is 0.320. The second-order valence-corrected chi connectivity index (χ2v) is 7.23. The number of nitrogens with zero attached hydrogens (tertiary/aromatic N) is 4. The summed E-state index contributed by atoms with van der Waals surface area (Å²) < 4.78 is 9.81. The van der Waals surface area contributed by atoms with Crippen LogP contribution in [-0.2, 0) is 6.42 Å². The van der Waals surface area contributed by atoms with Crippen LogP contribution in [0.25, 0.3) is 22.9 Å². The van der Waals surface area contributed by atoms with Crippen LogP contribution in [0, 0.1) is 0 Å². The van der Waals surface area contributed by atoms with Gasteiger partial charge in [0.05, 0.1) is 12.4 Å². The molecule has 0 unspecified atom stereocenters. The molecule has 4 aromatic rings. The number of para-hydroxylation sites is 1. The largest absolute Gasteiger partial charge is 0.636 e. The van der Waals surface area contributed by atoms with Gasteiger partial charge in [0.2, 0.25) is 0 Å². The predicted octanol–water partition coefficient (Wildman–Crippen LogP) is 4.65. The third-order valence-corrected chi connectivity index (χ3v) is 5.24. The second-order valence-electron chi connectivity index (χ2n) is 6.94. The van der Waals surface area contributed by atoms with E-state index in [0.717, 1.165) is 41.6 Å². The maximum atomic E-state index is 5.63. The van der Waals surface area contributed by atoms with E-state index in [-0.39, 0.29) is 0 Å². The summed E-state index contributed by atoms with van der Waals surface area (Å²) in [4.78, 5) is 9.62. The van der Waals surface area contributed by atoms with Crippen LogP contribution in [0.5, 0.6) is 5.88 Å². The molecule has 29 heavy (non-hydrogen) atoms. The van der Waals surface area contributed by atoms with E-state index in [9.17, 15) is 0 Å². The van der Waals surface area contributed by atoms with Crippen LogP contribution in [0.4, 0.5) is 0 Å². The van der Waals surface area contributed by atoms with E-state index in [1.165, 1.54) is 29.5 Å². The number of imidazole rings is 2. The summed E-state index contributed by atoms with van der Waals surface area (Å²) in [5.41, 5.74) is 2.14. The van der Waals surface area contributed by atoms with Crippen molar-refractivity contribution in [2.75, 3.05) is 0 Å². The Morgan fingerprint density at radius 3 is 2.38 bits per heavy atom. The summed E-state index contributed by atoms with van der Waals surface area (Å²) >= 11 is 1.45. The maximum Gasteiger partial charge on any atom is 0.495 e. The Kier molecular flexibility index (Phi) is 6.14. The Hall–Kier alpha value is -2.81. The summed E-state index contributed by atoms with van der Waals surface area (Å²) in [5, 5.41) is 0. The Bertz CT molecular complexity index is 1060. The highest BCUT2D eigenvalue weighted by Gasteiger charge is 2.18. The van der Waals surface area contributed by atoms with E-state index in [2.05, 4.69) is 59.1 Å². The van der Waals surface area contributed by atoms with Crippen molar-refractivity contribution in [3.8, 4) is 28.8 Å². The van der Waals surface area contributed by atoms with Crippen molar-refractivity contribution in [2.24, 2.45) is 0 Å². The zero-order valence-electron chi connectivity index (χ0n) is 16.7. The standard InChI is InChI=1S/C23H24N4O.Al.H/c1-2-3-6-15-20-25-21(17-26(20)19-13-9-5-10-14-19)27-22(28)16-24-23(27)18-11-7-4-8-12-18;;/h4-5,7-14,16-17,28H,2-3,6,15H2,1H3;;/q;+1;/p-1.